The Morgan fingerprint density at radius 2 is 1.69 bits per heavy atom. The second-order valence-electron chi connectivity index (χ2n) is 7.61. The first-order chi connectivity index (χ1) is 14.9. The molecule has 1 aliphatic rings. The maximum Gasteiger partial charge on any atom is 0.256 e. The molecule has 0 bridgehead atoms. The van der Waals surface area contributed by atoms with Crippen LogP contribution in [0.4, 0.5) is 5.00 Å². The highest BCUT2D eigenvalue weighted by Gasteiger charge is 2.28. The van der Waals surface area contributed by atoms with Gasteiger partial charge in [0.2, 0.25) is 0 Å². The second-order valence-corrected chi connectivity index (χ2v) is 8.71. The van der Waals surface area contributed by atoms with Gasteiger partial charge in [0.15, 0.2) is 5.78 Å². The Morgan fingerprint density at radius 1 is 1.03 bits per heavy atom. The van der Waals surface area contributed by atoms with Gasteiger partial charge < -0.3 is 23.5 Å². The quantitative estimate of drug-likeness (QED) is 0.525. The molecule has 166 valence electrons. The van der Waals surface area contributed by atoms with Crippen LogP contribution in [0, 0.1) is 0 Å². The summed E-state index contributed by atoms with van der Waals surface area (Å²) in [7, 11) is 0. The van der Waals surface area contributed by atoms with Crippen molar-refractivity contribution in [3.05, 3.63) is 87.3 Å². The van der Waals surface area contributed by atoms with E-state index < -0.39 is 5.91 Å². The largest absolute Gasteiger partial charge is 1.00 e. The number of benzene rings is 2. The van der Waals surface area contributed by atoms with E-state index >= 15 is 0 Å². The van der Waals surface area contributed by atoms with Crippen molar-refractivity contribution in [3.63, 3.8) is 0 Å². The number of carbonyl (C=O) groups is 3. The number of carbonyl (C=O) groups excluding carboxylic acids is 3. The van der Waals surface area contributed by atoms with Gasteiger partial charge in [0.1, 0.15) is 5.00 Å². The monoisotopic (exact) mass is 468 g/mol. The smallest absolute Gasteiger partial charge is 0.256 e. The third-order valence-electron chi connectivity index (χ3n) is 5.41. The van der Waals surface area contributed by atoms with E-state index in [0.29, 0.717) is 34.7 Å². The fourth-order valence-corrected chi connectivity index (χ4v) is 5.10. The van der Waals surface area contributed by atoms with Crippen molar-refractivity contribution < 1.29 is 26.8 Å². The molecule has 1 aromatic heterocycles. The summed E-state index contributed by atoms with van der Waals surface area (Å²) >= 11 is 1.41. The van der Waals surface area contributed by atoms with Crippen molar-refractivity contribution in [1.82, 2.24) is 4.90 Å². The minimum atomic E-state index is -0.531. The minimum Gasteiger partial charge on any atom is -1.00 e. The van der Waals surface area contributed by atoms with Gasteiger partial charge in [0, 0.05) is 35.6 Å². The number of hydrogen-bond acceptors (Lipinski definition) is 5. The van der Waals surface area contributed by atoms with Crippen molar-refractivity contribution in [2.75, 3.05) is 11.9 Å². The van der Waals surface area contributed by atoms with E-state index in [1.165, 1.54) is 23.8 Å². The maximum atomic E-state index is 12.7. The molecule has 0 aliphatic carbocycles. The molecule has 1 aliphatic heterocycles. The van der Waals surface area contributed by atoms with Gasteiger partial charge in [0.05, 0.1) is 5.56 Å². The summed E-state index contributed by atoms with van der Waals surface area (Å²) in [6, 6.07) is 16.7. The number of fused-ring (bicyclic) bond motifs is 1. The number of nitrogens with one attached hydrogen (secondary N) is 1. The van der Waals surface area contributed by atoms with Crippen LogP contribution >= 0.6 is 11.3 Å². The first-order valence-electron chi connectivity index (χ1n) is 10.1. The van der Waals surface area contributed by atoms with E-state index in [1.807, 2.05) is 18.2 Å². The van der Waals surface area contributed by atoms with Crippen LogP contribution in [0.1, 0.15) is 54.0 Å². The Hall–Kier alpha value is -3.00. The van der Waals surface area contributed by atoms with Crippen molar-refractivity contribution >= 4 is 33.9 Å². The number of rotatable bonds is 6. The van der Waals surface area contributed by atoms with Crippen LogP contribution in [0.5, 0.6) is 0 Å². The number of thiophene rings is 1. The van der Waals surface area contributed by atoms with E-state index in [2.05, 4.69) is 22.3 Å². The Kier molecular flexibility index (Phi) is 7.45. The summed E-state index contributed by atoms with van der Waals surface area (Å²) in [5.41, 5.74) is 9.21. The van der Waals surface area contributed by atoms with E-state index in [1.54, 1.807) is 24.3 Å². The summed E-state index contributed by atoms with van der Waals surface area (Å²) in [6.45, 7) is 3.83. The van der Waals surface area contributed by atoms with E-state index in [4.69, 9.17) is 5.73 Å². The fourth-order valence-electron chi connectivity index (χ4n) is 3.81. The summed E-state index contributed by atoms with van der Waals surface area (Å²) in [5, 5.41) is 3.34. The van der Waals surface area contributed by atoms with Gasteiger partial charge in [-0.1, -0.05) is 42.5 Å². The van der Waals surface area contributed by atoms with Crippen LogP contribution in [0.2, 0.25) is 0 Å². The zero-order valence-corrected chi connectivity index (χ0v) is 19.1. The summed E-state index contributed by atoms with van der Waals surface area (Å²) in [4.78, 5) is 39.7. The standard InChI is InChI=1S/C24H23N3O3S.ClH/c1-15(28)17-7-9-18(10-8-17)23(30)26-24-21(22(25)29)19-11-12-27(14-20(19)31-24)13-16-5-3-2-4-6-16;/h2-10H,11-14H2,1H3,(H2,25,29)(H,26,30);1H/p-1. The Bertz CT molecular complexity index is 1140. The first kappa shape index (κ1) is 23.7. The molecule has 6 nitrogen and oxygen atoms in total. The van der Waals surface area contributed by atoms with Gasteiger partial charge >= 0.3 is 0 Å². The number of primary amides is 1. The molecular formula is C24H23ClN3O3S-. The van der Waals surface area contributed by atoms with Crippen molar-refractivity contribution in [3.8, 4) is 0 Å². The lowest BCUT2D eigenvalue weighted by atomic mass is 10.0. The van der Waals surface area contributed by atoms with Crippen molar-refractivity contribution in [2.24, 2.45) is 5.73 Å². The number of hydrogen-bond donors (Lipinski definition) is 2. The molecule has 2 amide bonds. The normalized spacial score (nSPS) is 13.0. The molecule has 2 heterocycles. The number of nitrogens with zero attached hydrogens (tertiary/aromatic N) is 1. The summed E-state index contributed by atoms with van der Waals surface area (Å²) in [6.07, 6.45) is 0.708. The lowest BCUT2D eigenvalue weighted by molar-refractivity contribution is -0.0000297. The lowest BCUT2D eigenvalue weighted by Crippen LogP contribution is -3.00. The number of Topliss-reactive ketones (excluding diaryl/α,β-unsaturated/α-hetero) is 1. The molecule has 32 heavy (non-hydrogen) atoms. The number of halogens is 1. The van der Waals surface area contributed by atoms with Gasteiger partial charge in [-0.05, 0) is 36.6 Å². The van der Waals surface area contributed by atoms with E-state index in [9.17, 15) is 14.4 Å². The molecule has 2 aromatic carbocycles. The van der Waals surface area contributed by atoms with E-state index in [-0.39, 0.29) is 24.1 Å². The highest BCUT2D eigenvalue weighted by molar-refractivity contribution is 7.17. The Balaban J connectivity index is 0.00000289. The van der Waals surface area contributed by atoms with Gasteiger partial charge in [-0.25, -0.2) is 0 Å². The van der Waals surface area contributed by atoms with Gasteiger partial charge in [0.25, 0.3) is 11.8 Å². The van der Waals surface area contributed by atoms with Crippen LogP contribution in [0.3, 0.4) is 0 Å². The minimum absolute atomic E-state index is 0. The fraction of sp³-hybridized carbons (Fsp3) is 0.208. The average Bonchev–Trinajstić information content (AvgIpc) is 3.11. The zero-order chi connectivity index (χ0) is 22.0. The van der Waals surface area contributed by atoms with E-state index in [0.717, 1.165) is 23.5 Å². The predicted molar refractivity (Wildman–Crippen MR) is 121 cm³/mol. The lowest BCUT2D eigenvalue weighted by Gasteiger charge is -2.27. The molecule has 3 N–H and O–H groups in total. The second kappa shape index (κ2) is 10.1. The van der Waals surface area contributed by atoms with Crippen LogP contribution in [0.15, 0.2) is 54.6 Å². The summed E-state index contributed by atoms with van der Waals surface area (Å²) < 4.78 is 0. The van der Waals surface area contributed by atoms with Crippen LogP contribution < -0.4 is 23.5 Å². The average molecular weight is 469 g/mol. The topological polar surface area (TPSA) is 92.5 Å². The molecule has 0 unspecified atom stereocenters. The van der Waals surface area contributed by atoms with Gasteiger partial charge in [-0.3, -0.25) is 19.3 Å². The highest BCUT2D eigenvalue weighted by Crippen LogP contribution is 2.37. The first-order valence-corrected chi connectivity index (χ1v) is 10.9. The molecule has 0 radical (unpaired) electrons. The molecule has 0 atom stereocenters. The maximum absolute atomic E-state index is 12.7. The molecule has 0 saturated carbocycles. The number of amides is 2. The van der Waals surface area contributed by atoms with Crippen molar-refractivity contribution in [1.29, 1.82) is 0 Å². The SMILES string of the molecule is CC(=O)c1ccc(C(=O)Nc2sc3c(c2C(N)=O)CCN(Cc2ccccc2)C3)cc1.[Cl-]. The third-order valence-corrected chi connectivity index (χ3v) is 6.54. The Labute approximate surface area is 196 Å². The molecule has 0 fully saturated rings. The molecule has 0 spiro atoms. The molecule has 8 heteroatoms. The van der Waals surface area contributed by atoms with Crippen LogP contribution in [-0.2, 0) is 19.5 Å². The zero-order valence-electron chi connectivity index (χ0n) is 17.6. The van der Waals surface area contributed by atoms with Crippen LogP contribution in [0.25, 0.3) is 0 Å². The predicted octanol–water partition coefficient (Wildman–Crippen LogP) is 0.864. The number of ketones is 1. The highest BCUT2D eigenvalue weighted by atomic mass is 35.5. The number of nitrogens with two attached hydrogens (primary N) is 1. The van der Waals surface area contributed by atoms with Gasteiger partial charge in [-0.15, -0.1) is 11.3 Å². The molecular weight excluding hydrogens is 446 g/mol. The van der Waals surface area contributed by atoms with Crippen molar-refractivity contribution in [2.45, 2.75) is 26.4 Å². The summed E-state index contributed by atoms with van der Waals surface area (Å²) in [5.74, 6) is -0.928. The molecule has 0 saturated heterocycles. The van der Waals surface area contributed by atoms with Gasteiger partial charge in [-0.2, -0.15) is 0 Å². The molecule has 4 rings (SSSR count). The van der Waals surface area contributed by atoms with Crippen LogP contribution in [-0.4, -0.2) is 29.0 Å². The number of anilines is 1. The third kappa shape index (κ3) is 5.07. The Morgan fingerprint density at radius 3 is 2.31 bits per heavy atom. The molecule has 3 aromatic rings.